The topological polar surface area (TPSA) is 81.6 Å². The molecule has 0 spiro atoms. The second-order valence-electron chi connectivity index (χ2n) is 7.23. The number of rotatable bonds is 7. The quantitative estimate of drug-likeness (QED) is 0.593. The van der Waals surface area contributed by atoms with Crippen molar-refractivity contribution in [3.05, 3.63) is 65.6 Å². The summed E-state index contributed by atoms with van der Waals surface area (Å²) in [6.45, 7) is 2.95. The third kappa shape index (κ3) is 5.85. The lowest BCUT2D eigenvalue weighted by Crippen LogP contribution is -2.38. The number of nitrogens with two attached hydrogens (primary N) is 1. The zero-order valence-electron chi connectivity index (χ0n) is 16.2. The van der Waals surface area contributed by atoms with Crippen LogP contribution < -0.4 is 15.8 Å². The first-order valence-corrected chi connectivity index (χ1v) is 9.29. The van der Waals surface area contributed by atoms with Gasteiger partial charge in [-0.15, -0.1) is 24.8 Å². The van der Waals surface area contributed by atoms with E-state index in [9.17, 15) is 4.79 Å². The van der Waals surface area contributed by atoms with Gasteiger partial charge in [-0.1, -0.05) is 6.07 Å². The molecule has 4 rings (SSSR count). The van der Waals surface area contributed by atoms with Gasteiger partial charge >= 0.3 is 0 Å². The number of benzene rings is 1. The van der Waals surface area contributed by atoms with Crippen LogP contribution in [-0.2, 0) is 6.61 Å². The maximum Gasteiger partial charge on any atom is 0.251 e. The van der Waals surface area contributed by atoms with Gasteiger partial charge in [0.1, 0.15) is 18.0 Å². The molecule has 0 bridgehead atoms. The molecule has 1 saturated carbocycles. The Balaban J connectivity index is 0.00000150. The highest BCUT2D eigenvalue weighted by Crippen LogP contribution is 2.31. The van der Waals surface area contributed by atoms with Crippen LogP contribution in [0.4, 0.5) is 0 Å². The van der Waals surface area contributed by atoms with Crippen LogP contribution in [0.15, 0.2) is 48.8 Å². The number of aromatic nitrogens is 2. The molecule has 0 radical (unpaired) electrons. The van der Waals surface area contributed by atoms with Crippen LogP contribution in [0, 0.1) is 12.8 Å². The molecule has 0 aliphatic heterocycles. The van der Waals surface area contributed by atoms with Gasteiger partial charge in [-0.05, 0) is 61.6 Å². The van der Waals surface area contributed by atoms with E-state index < -0.39 is 0 Å². The molecule has 3 N–H and O–H groups in total. The summed E-state index contributed by atoms with van der Waals surface area (Å²) in [6, 6.07) is 11.2. The molecule has 2 aromatic heterocycles. The van der Waals surface area contributed by atoms with Gasteiger partial charge in [-0.3, -0.25) is 4.79 Å². The Labute approximate surface area is 182 Å². The van der Waals surface area contributed by atoms with Gasteiger partial charge < -0.3 is 20.2 Å². The first kappa shape index (κ1) is 23.0. The summed E-state index contributed by atoms with van der Waals surface area (Å²) in [6.07, 6.45) is 6.35. The van der Waals surface area contributed by atoms with E-state index in [1.54, 1.807) is 24.3 Å². The van der Waals surface area contributed by atoms with Gasteiger partial charge in [0, 0.05) is 30.5 Å². The van der Waals surface area contributed by atoms with E-state index in [4.69, 9.17) is 10.5 Å². The van der Waals surface area contributed by atoms with Gasteiger partial charge in [0.2, 0.25) is 0 Å². The molecule has 1 unspecified atom stereocenters. The van der Waals surface area contributed by atoms with Crippen LogP contribution in [0.2, 0.25) is 0 Å². The number of nitrogens with zero attached hydrogens (tertiary/aromatic N) is 2. The van der Waals surface area contributed by atoms with E-state index in [0.29, 0.717) is 30.4 Å². The Kier molecular flexibility index (Phi) is 7.90. The number of imidazole rings is 1. The van der Waals surface area contributed by atoms with E-state index in [-0.39, 0.29) is 36.8 Å². The number of nitrogens with one attached hydrogen (secondary N) is 1. The maximum atomic E-state index is 12.2. The molecule has 156 valence electrons. The molecule has 1 aliphatic carbocycles. The minimum absolute atomic E-state index is 0. The highest BCUT2D eigenvalue weighted by molar-refractivity contribution is 5.94. The Morgan fingerprint density at radius 1 is 1.21 bits per heavy atom. The smallest absolute Gasteiger partial charge is 0.251 e. The summed E-state index contributed by atoms with van der Waals surface area (Å²) in [7, 11) is 0. The first-order valence-electron chi connectivity index (χ1n) is 9.29. The lowest BCUT2D eigenvalue weighted by molar-refractivity contribution is 0.0950. The summed E-state index contributed by atoms with van der Waals surface area (Å²) >= 11 is 0. The van der Waals surface area contributed by atoms with Gasteiger partial charge in [0.05, 0.1) is 5.69 Å². The number of carbonyl (C=O) groups excluding carboxylic acids is 1. The molecule has 1 aromatic carbocycles. The molecule has 1 aliphatic rings. The number of hydrogen-bond donors (Lipinski definition) is 2. The minimum atomic E-state index is -0.103. The number of carbonyl (C=O) groups is 1. The fourth-order valence-corrected chi connectivity index (χ4v) is 3.09. The summed E-state index contributed by atoms with van der Waals surface area (Å²) in [4.78, 5) is 16.7. The zero-order valence-corrected chi connectivity index (χ0v) is 17.8. The average Bonchev–Trinajstić information content (AvgIpc) is 3.45. The molecule has 1 atom stereocenters. The predicted molar refractivity (Wildman–Crippen MR) is 118 cm³/mol. The molecule has 2 heterocycles. The van der Waals surface area contributed by atoms with E-state index in [1.165, 1.54) is 18.4 Å². The van der Waals surface area contributed by atoms with Crippen molar-refractivity contribution >= 4 is 36.4 Å². The largest absolute Gasteiger partial charge is 0.487 e. The monoisotopic (exact) mass is 436 g/mol. The molecule has 1 amide bonds. The first-order chi connectivity index (χ1) is 13.1. The molecule has 29 heavy (non-hydrogen) atoms. The van der Waals surface area contributed by atoms with Crippen molar-refractivity contribution in [3.63, 3.8) is 0 Å². The van der Waals surface area contributed by atoms with Crippen LogP contribution in [0.1, 0.15) is 34.5 Å². The number of amides is 1. The second-order valence-corrected chi connectivity index (χ2v) is 7.23. The number of hydrogen-bond acceptors (Lipinski definition) is 4. The van der Waals surface area contributed by atoms with E-state index in [0.717, 1.165) is 11.3 Å². The second kappa shape index (κ2) is 9.96. The average molecular weight is 437 g/mol. The van der Waals surface area contributed by atoms with Crippen LogP contribution in [0.5, 0.6) is 5.75 Å². The molecule has 8 heteroatoms. The Morgan fingerprint density at radius 2 is 1.93 bits per heavy atom. The van der Waals surface area contributed by atoms with Gasteiger partial charge in [0.25, 0.3) is 5.91 Å². The lowest BCUT2D eigenvalue weighted by Gasteiger charge is -2.12. The fraction of sp³-hybridized carbons (Fsp3) is 0.333. The summed E-state index contributed by atoms with van der Waals surface area (Å²) in [5, 5.41) is 2.90. The molecule has 3 aromatic rings. The van der Waals surface area contributed by atoms with E-state index in [1.807, 2.05) is 35.9 Å². The SMILES string of the molecule is Cc1ccc2nc(COc3ccc(C(=O)NCC(N)C4CC4)cc3)cn2c1.Cl.Cl. The van der Waals surface area contributed by atoms with Crippen LogP contribution in [0.3, 0.4) is 0 Å². The Morgan fingerprint density at radius 3 is 2.62 bits per heavy atom. The van der Waals surface area contributed by atoms with Gasteiger partial charge in [-0.25, -0.2) is 4.98 Å². The molecule has 1 fully saturated rings. The van der Waals surface area contributed by atoms with Crippen molar-refractivity contribution < 1.29 is 9.53 Å². The number of ether oxygens (including phenoxy) is 1. The van der Waals surface area contributed by atoms with Crippen molar-refractivity contribution in [1.29, 1.82) is 0 Å². The van der Waals surface area contributed by atoms with Crippen molar-refractivity contribution in [2.75, 3.05) is 6.54 Å². The number of fused-ring (bicyclic) bond motifs is 1. The zero-order chi connectivity index (χ0) is 18.8. The van der Waals surface area contributed by atoms with E-state index in [2.05, 4.69) is 10.3 Å². The highest BCUT2D eigenvalue weighted by atomic mass is 35.5. The molecule has 6 nitrogen and oxygen atoms in total. The van der Waals surface area contributed by atoms with Crippen molar-refractivity contribution in [2.24, 2.45) is 11.7 Å². The van der Waals surface area contributed by atoms with Gasteiger partial charge in [0.15, 0.2) is 0 Å². The summed E-state index contributed by atoms with van der Waals surface area (Å²) in [5.41, 5.74) is 9.56. The van der Waals surface area contributed by atoms with Crippen LogP contribution in [-0.4, -0.2) is 27.9 Å². The predicted octanol–water partition coefficient (Wildman–Crippen LogP) is 3.53. The number of halogens is 2. The lowest BCUT2D eigenvalue weighted by atomic mass is 10.1. The van der Waals surface area contributed by atoms with Crippen LogP contribution >= 0.6 is 24.8 Å². The highest BCUT2D eigenvalue weighted by Gasteiger charge is 2.28. The normalized spacial score (nSPS) is 13.9. The maximum absolute atomic E-state index is 12.2. The van der Waals surface area contributed by atoms with Crippen molar-refractivity contribution in [1.82, 2.24) is 14.7 Å². The molecule has 0 saturated heterocycles. The van der Waals surface area contributed by atoms with Crippen molar-refractivity contribution in [3.8, 4) is 5.75 Å². The number of pyridine rings is 1. The molecular weight excluding hydrogens is 411 g/mol. The summed E-state index contributed by atoms with van der Waals surface area (Å²) in [5.74, 6) is 1.17. The minimum Gasteiger partial charge on any atom is -0.487 e. The van der Waals surface area contributed by atoms with Gasteiger partial charge in [-0.2, -0.15) is 0 Å². The van der Waals surface area contributed by atoms with Crippen molar-refractivity contribution in [2.45, 2.75) is 32.4 Å². The third-order valence-corrected chi connectivity index (χ3v) is 4.88. The standard InChI is InChI=1S/C21H24N4O2.2ClH/c1-14-2-9-20-24-17(12-25(20)11-14)13-27-18-7-5-16(6-8-18)21(26)23-10-19(22)15-3-4-15;;/h2,5-9,11-12,15,19H,3-4,10,13,22H2,1H3,(H,23,26);2*1H. The third-order valence-electron chi connectivity index (χ3n) is 4.88. The Bertz CT molecular complexity index is 955. The number of aryl methyl sites for hydroxylation is 1. The molecular formula is C21H26Cl2N4O2. The van der Waals surface area contributed by atoms with Crippen LogP contribution in [0.25, 0.3) is 5.65 Å². The fourth-order valence-electron chi connectivity index (χ4n) is 3.09. The summed E-state index contributed by atoms with van der Waals surface area (Å²) < 4.78 is 7.79. The van der Waals surface area contributed by atoms with E-state index >= 15 is 0 Å². The Hall–Kier alpha value is -2.28.